The summed E-state index contributed by atoms with van der Waals surface area (Å²) in [4.78, 5) is 19.0. The summed E-state index contributed by atoms with van der Waals surface area (Å²) in [6.07, 6.45) is 12.2. The molecule has 4 fully saturated rings. The normalized spacial score (nSPS) is 28.0. The molecular weight excluding hydrogens is 452 g/mol. The molecule has 4 bridgehead atoms. The van der Waals surface area contributed by atoms with Gasteiger partial charge in [0.15, 0.2) is 4.96 Å². The van der Waals surface area contributed by atoms with Crippen molar-refractivity contribution in [2.45, 2.75) is 43.9 Å². The number of thiazole rings is 1. The van der Waals surface area contributed by atoms with Gasteiger partial charge < -0.3 is 0 Å². The van der Waals surface area contributed by atoms with Crippen molar-refractivity contribution < 1.29 is 0 Å². The van der Waals surface area contributed by atoms with Crippen molar-refractivity contribution in [1.82, 2.24) is 19.2 Å². The molecule has 0 aliphatic heterocycles. The highest BCUT2D eigenvalue weighted by atomic mass is 32.1. The minimum Gasteiger partial charge on any atom is -0.267 e. The molecule has 174 valence electrons. The number of rotatable bonds is 3. The number of imidazole rings is 1. The van der Waals surface area contributed by atoms with Crippen LogP contribution in [0.2, 0.25) is 0 Å². The molecule has 4 saturated carbocycles. The third-order valence-electron chi connectivity index (χ3n) is 8.74. The summed E-state index contributed by atoms with van der Waals surface area (Å²) in [6.45, 7) is 0. The summed E-state index contributed by atoms with van der Waals surface area (Å²) < 4.78 is 4.52. The second-order valence-corrected chi connectivity index (χ2v) is 12.1. The molecule has 0 spiro atoms. The van der Waals surface area contributed by atoms with Crippen molar-refractivity contribution in [3.8, 4) is 5.69 Å². The average molecular weight is 479 g/mol. The molecule has 2 aromatic carbocycles. The molecular formula is C29H26N4OS. The standard InChI is InChI=1S/C29H26N4OS/c34-27-25(35-28-30-23-8-4-5-9-24(23)33(27)28)13-21-17-32(22-6-2-1-3-7-22)31-26(21)29-14-18-10-19(15-29)12-20(11-18)16-29/h1-9,13,17-20H,10-12,14-16H2. The molecule has 3 aromatic heterocycles. The molecule has 0 atom stereocenters. The Morgan fingerprint density at radius 1 is 0.914 bits per heavy atom. The van der Waals surface area contributed by atoms with Crippen molar-refractivity contribution in [3.63, 3.8) is 0 Å². The maximum atomic E-state index is 13.5. The first-order chi connectivity index (χ1) is 17.1. The van der Waals surface area contributed by atoms with E-state index in [1.165, 1.54) is 55.6 Å². The average Bonchev–Trinajstić information content (AvgIpc) is 3.53. The van der Waals surface area contributed by atoms with Gasteiger partial charge in [0.25, 0.3) is 5.56 Å². The van der Waals surface area contributed by atoms with Crippen molar-refractivity contribution >= 4 is 33.4 Å². The van der Waals surface area contributed by atoms with Gasteiger partial charge in [-0.3, -0.25) is 4.79 Å². The van der Waals surface area contributed by atoms with Gasteiger partial charge in [0.2, 0.25) is 0 Å². The fourth-order valence-corrected chi connectivity index (χ4v) is 8.75. The van der Waals surface area contributed by atoms with E-state index in [1.807, 2.05) is 35.0 Å². The van der Waals surface area contributed by atoms with E-state index in [4.69, 9.17) is 10.1 Å². The van der Waals surface area contributed by atoms with Crippen LogP contribution >= 0.6 is 11.3 Å². The van der Waals surface area contributed by atoms with Gasteiger partial charge in [-0.2, -0.15) is 5.10 Å². The SMILES string of the molecule is O=c1c(=Cc2cn(-c3ccccc3)nc2C23CC4CC(CC(C4)C2)C3)sc2nc3ccccc3n12. The number of nitrogens with zero attached hydrogens (tertiary/aromatic N) is 4. The quantitative estimate of drug-likeness (QED) is 0.362. The monoisotopic (exact) mass is 478 g/mol. The van der Waals surface area contributed by atoms with E-state index >= 15 is 0 Å². The second kappa shape index (κ2) is 7.14. The van der Waals surface area contributed by atoms with E-state index in [2.05, 4.69) is 36.5 Å². The minimum absolute atomic E-state index is 0.0163. The van der Waals surface area contributed by atoms with E-state index < -0.39 is 0 Å². The third kappa shape index (κ3) is 2.95. The lowest BCUT2D eigenvalue weighted by molar-refractivity contribution is -0.00743. The molecule has 0 amide bonds. The first-order valence-corrected chi connectivity index (χ1v) is 13.5. The van der Waals surface area contributed by atoms with E-state index in [1.54, 1.807) is 4.40 Å². The van der Waals surface area contributed by atoms with Gasteiger partial charge in [-0.25, -0.2) is 14.1 Å². The summed E-state index contributed by atoms with van der Waals surface area (Å²) in [5.41, 5.74) is 5.28. The maximum Gasteiger partial charge on any atom is 0.274 e. The summed E-state index contributed by atoms with van der Waals surface area (Å²) in [7, 11) is 0. The molecule has 0 saturated heterocycles. The van der Waals surface area contributed by atoms with Gasteiger partial charge in [-0.05, 0) is 86.6 Å². The molecule has 4 aliphatic carbocycles. The van der Waals surface area contributed by atoms with Gasteiger partial charge in [0.1, 0.15) is 0 Å². The zero-order valence-corrected chi connectivity index (χ0v) is 20.2. The smallest absolute Gasteiger partial charge is 0.267 e. The number of benzene rings is 2. The van der Waals surface area contributed by atoms with Crippen LogP contribution in [0.3, 0.4) is 0 Å². The lowest BCUT2D eigenvalue weighted by Crippen LogP contribution is -2.49. The Bertz CT molecular complexity index is 1670. The summed E-state index contributed by atoms with van der Waals surface area (Å²) >= 11 is 1.48. The predicted octanol–water partition coefficient (Wildman–Crippen LogP) is 5.11. The fourth-order valence-electron chi connectivity index (χ4n) is 7.77. The number of para-hydroxylation sites is 3. The molecule has 0 radical (unpaired) electrons. The lowest BCUT2D eigenvalue weighted by Gasteiger charge is -2.56. The highest BCUT2D eigenvalue weighted by Gasteiger charge is 2.53. The topological polar surface area (TPSA) is 52.2 Å². The number of hydrogen-bond acceptors (Lipinski definition) is 4. The van der Waals surface area contributed by atoms with Crippen LogP contribution in [0, 0.1) is 17.8 Å². The van der Waals surface area contributed by atoms with Crippen LogP contribution in [0.15, 0.2) is 65.6 Å². The number of hydrogen-bond donors (Lipinski definition) is 0. The van der Waals surface area contributed by atoms with Crippen LogP contribution in [-0.2, 0) is 5.41 Å². The highest BCUT2D eigenvalue weighted by molar-refractivity contribution is 7.15. The second-order valence-electron chi connectivity index (χ2n) is 11.0. The minimum atomic E-state index is 0.0163. The fraction of sp³-hybridized carbons (Fsp3) is 0.345. The molecule has 35 heavy (non-hydrogen) atoms. The third-order valence-corrected chi connectivity index (χ3v) is 9.70. The van der Waals surface area contributed by atoms with Crippen molar-refractivity contribution in [3.05, 3.63) is 86.9 Å². The summed E-state index contributed by atoms with van der Waals surface area (Å²) in [5.74, 6) is 2.51. The van der Waals surface area contributed by atoms with Gasteiger partial charge in [-0.1, -0.05) is 41.7 Å². The van der Waals surface area contributed by atoms with Crippen molar-refractivity contribution in [1.29, 1.82) is 0 Å². The molecule has 5 aromatic rings. The van der Waals surface area contributed by atoms with Crippen LogP contribution in [0.1, 0.15) is 49.8 Å². The molecule has 5 nitrogen and oxygen atoms in total. The van der Waals surface area contributed by atoms with Crippen LogP contribution < -0.4 is 10.1 Å². The van der Waals surface area contributed by atoms with Gasteiger partial charge in [0, 0.05) is 17.2 Å². The van der Waals surface area contributed by atoms with E-state index in [0.29, 0.717) is 0 Å². The predicted molar refractivity (Wildman–Crippen MR) is 139 cm³/mol. The Morgan fingerprint density at radius 2 is 1.60 bits per heavy atom. The first kappa shape index (κ1) is 20.0. The van der Waals surface area contributed by atoms with Crippen molar-refractivity contribution in [2.75, 3.05) is 0 Å². The van der Waals surface area contributed by atoms with Gasteiger partial charge in [-0.15, -0.1) is 0 Å². The van der Waals surface area contributed by atoms with Crippen LogP contribution in [-0.4, -0.2) is 19.2 Å². The maximum absolute atomic E-state index is 13.5. The summed E-state index contributed by atoms with van der Waals surface area (Å²) in [5, 5.41) is 5.25. The molecule has 9 rings (SSSR count). The van der Waals surface area contributed by atoms with Gasteiger partial charge >= 0.3 is 0 Å². The Balaban J connectivity index is 1.34. The van der Waals surface area contributed by atoms with Crippen LogP contribution in [0.5, 0.6) is 0 Å². The van der Waals surface area contributed by atoms with Crippen LogP contribution in [0.25, 0.3) is 27.8 Å². The number of aromatic nitrogens is 4. The zero-order chi connectivity index (χ0) is 23.1. The Labute approximate surface area is 206 Å². The molecule has 3 heterocycles. The zero-order valence-electron chi connectivity index (χ0n) is 19.4. The molecule has 6 heteroatoms. The summed E-state index contributed by atoms with van der Waals surface area (Å²) in [6, 6.07) is 18.2. The van der Waals surface area contributed by atoms with Crippen LogP contribution in [0.4, 0.5) is 0 Å². The molecule has 0 unspecified atom stereocenters. The van der Waals surface area contributed by atoms with E-state index in [9.17, 15) is 4.79 Å². The van der Waals surface area contributed by atoms with E-state index in [0.717, 1.165) is 49.5 Å². The number of fused-ring (bicyclic) bond motifs is 3. The lowest BCUT2D eigenvalue weighted by atomic mass is 9.48. The molecule has 0 N–H and O–H groups in total. The highest BCUT2D eigenvalue weighted by Crippen LogP contribution is 2.61. The Hall–Kier alpha value is -3.25. The van der Waals surface area contributed by atoms with E-state index in [-0.39, 0.29) is 11.0 Å². The first-order valence-electron chi connectivity index (χ1n) is 12.7. The van der Waals surface area contributed by atoms with Gasteiger partial charge in [0.05, 0.1) is 26.9 Å². The van der Waals surface area contributed by atoms with Crippen molar-refractivity contribution in [2.24, 2.45) is 17.8 Å². The largest absolute Gasteiger partial charge is 0.274 e. The Morgan fingerprint density at radius 3 is 2.34 bits per heavy atom. The Kier molecular flexibility index (Phi) is 4.08. The molecule has 4 aliphatic rings.